The molecule has 6 N–H and O–H groups in total. The van der Waals surface area contributed by atoms with Crippen molar-refractivity contribution in [1.29, 1.82) is 0 Å². The topological polar surface area (TPSA) is 200 Å². The van der Waals surface area contributed by atoms with E-state index >= 15 is 0 Å². The number of Topliss-reactive ketones (excluding diaryl/α,β-unsaturated/α-hetero) is 1. The molecule has 0 radical (unpaired) electrons. The molecule has 12 nitrogen and oxygen atoms in total. The second kappa shape index (κ2) is 9.75. The Labute approximate surface area is 169 Å². The van der Waals surface area contributed by atoms with E-state index in [9.17, 15) is 34.8 Å². The molecule has 2 rings (SSSR count). The third kappa shape index (κ3) is 4.33. The largest absolute Gasteiger partial charge is 0.446 e. The highest BCUT2D eigenvalue weighted by Crippen LogP contribution is 2.39. The van der Waals surface area contributed by atoms with Crippen molar-refractivity contribution in [2.45, 2.75) is 23.9 Å². The monoisotopic (exact) mass is 428 g/mol. The second-order valence-electron chi connectivity index (χ2n) is 6.08. The smallest absolute Gasteiger partial charge is 0.379 e. The van der Waals surface area contributed by atoms with Gasteiger partial charge in [-0.05, 0) is 12.1 Å². The summed E-state index contributed by atoms with van der Waals surface area (Å²) in [4.78, 5) is 37.2. The van der Waals surface area contributed by atoms with Crippen LogP contribution in [-0.2, 0) is 23.9 Å². The molecule has 30 heavy (non-hydrogen) atoms. The molecule has 0 aliphatic carbocycles. The van der Waals surface area contributed by atoms with E-state index in [1.54, 1.807) is 6.07 Å². The molecule has 0 spiro atoms. The van der Waals surface area contributed by atoms with Crippen molar-refractivity contribution < 1.29 is 59.2 Å². The summed E-state index contributed by atoms with van der Waals surface area (Å²) < 4.78 is 15.1. The number of ketones is 1. The number of hydrogen-bond donors (Lipinski definition) is 6. The first-order valence-corrected chi connectivity index (χ1v) is 8.56. The van der Waals surface area contributed by atoms with Crippen LogP contribution in [0.5, 0.6) is 5.75 Å². The number of rotatable bonds is 10. The molecule has 0 amide bonds. The average molecular weight is 428 g/mol. The molecule has 1 aromatic rings. The highest BCUT2D eigenvalue weighted by atomic mass is 16.6. The van der Waals surface area contributed by atoms with Gasteiger partial charge in [0.2, 0.25) is 11.5 Å². The molecule has 164 valence electrons. The number of carbonyl (C=O) groups excluding carboxylic acids is 3. The molecule has 1 heterocycles. The van der Waals surface area contributed by atoms with Gasteiger partial charge in [0, 0.05) is 0 Å². The fraction of sp³-hybridized carbons (Fsp3) is 0.389. The Morgan fingerprint density at radius 2 is 1.57 bits per heavy atom. The molecule has 0 aromatic heterocycles. The van der Waals surface area contributed by atoms with Crippen LogP contribution in [0.2, 0.25) is 0 Å². The van der Waals surface area contributed by atoms with Crippen LogP contribution in [0.15, 0.2) is 41.9 Å². The summed E-state index contributed by atoms with van der Waals surface area (Å²) in [5.41, 5.74) is -2.98. The summed E-state index contributed by atoms with van der Waals surface area (Å²) in [5.74, 6) is -6.46. The van der Waals surface area contributed by atoms with Crippen LogP contribution in [-0.4, -0.2) is 92.1 Å². The van der Waals surface area contributed by atoms with Gasteiger partial charge in [-0.1, -0.05) is 18.2 Å². The van der Waals surface area contributed by atoms with Gasteiger partial charge in [-0.3, -0.25) is 4.79 Å². The Morgan fingerprint density at radius 3 is 2.10 bits per heavy atom. The summed E-state index contributed by atoms with van der Waals surface area (Å²) in [5, 5.41) is 57.0. The molecule has 1 aromatic carbocycles. The van der Waals surface area contributed by atoms with E-state index in [-0.39, 0.29) is 5.75 Å². The maximum atomic E-state index is 12.7. The van der Waals surface area contributed by atoms with Gasteiger partial charge in [0.1, 0.15) is 18.0 Å². The average Bonchev–Trinajstić information content (AvgIpc) is 3.04. The zero-order valence-corrected chi connectivity index (χ0v) is 15.4. The van der Waals surface area contributed by atoms with Crippen molar-refractivity contribution in [2.75, 3.05) is 19.8 Å². The number of cyclic esters (lactones) is 1. The fourth-order valence-corrected chi connectivity index (χ4v) is 2.56. The van der Waals surface area contributed by atoms with Crippen LogP contribution < -0.4 is 4.74 Å². The van der Waals surface area contributed by atoms with Crippen molar-refractivity contribution in [1.82, 2.24) is 0 Å². The van der Waals surface area contributed by atoms with Crippen molar-refractivity contribution in [3.05, 3.63) is 41.9 Å². The number of para-hydroxylation sites is 1. The first-order valence-electron chi connectivity index (χ1n) is 8.56. The number of ether oxygens (including phenoxy) is 3. The minimum atomic E-state index is -2.98. The Morgan fingerprint density at radius 1 is 0.967 bits per heavy atom. The summed E-state index contributed by atoms with van der Waals surface area (Å²) >= 11 is 0. The number of carbonyl (C=O) groups is 3. The zero-order chi connectivity index (χ0) is 22.5. The van der Waals surface area contributed by atoms with Gasteiger partial charge in [-0.25, -0.2) is 9.59 Å². The van der Waals surface area contributed by atoms with Gasteiger partial charge in [-0.15, -0.1) is 0 Å². The SMILES string of the molecule is O=C1O[C@](C(=O)C(O)CO)([C@@H](O)CO)C(OC(=O)C(O)CO)=C1Oc1ccccc1. The van der Waals surface area contributed by atoms with E-state index < -0.39 is 73.0 Å². The van der Waals surface area contributed by atoms with Gasteiger partial charge in [0.05, 0.1) is 19.8 Å². The quantitative estimate of drug-likeness (QED) is 0.204. The molecular formula is C18H20O12. The Bertz CT molecular complexity index is 820. The van der Waals surface area contributed by atoms with Gasteiger partial charge >= 0.3 is 11.9 Å². The van der Waals surface area contributed by atoms with E-state index in [1.807, 2.05) is 0 Å². The third-order valence-corrected chi connectivity index (χ3v) is 4.08. The van der Waals surface area contributed by atoms with E-state index in [2.05, 4.69) is 0 Å². The van der Waals surface area contributed by atoms with E-state index in [0.29, 0.717) is 0 Å². The Balaban J connectivity index is 2.67. The van der Waals surface area contributed by atoms with Crippen LogP contribution in [0.3, 0.4) is 0 Å². The number of aliphatic hydroxyl groups is 6. The maximum Gasteiger partial charge on any atom is 0.379 e. The predicted octanol–water partition coefficient (Wildman–Crippen LogP) is -3.26. The summed E-state index contributed by atoms with van der Waals surface area (Å²) in [7, 11) is 0. The standard InChI is InChI=1S/C18H20O12/c19-6-10(22)14(25)18(12(24)8-21)15(29-16(26)11(23)7-20)13(17(27)30-18)28-9-4-2-1-3-5-9/h1-5,10-12,19-24H,6-8H2/t10?,11?,12-,18-/m0/s1. The highest BCUT2D eigenvalue weighted by Gasteiger charge is 2.63. The van der Waals surface area contributed by atoms with Crippen LogP contribution in [0, 0.1) is 0 Å². The van der Waals surface area contributed by atoms with Gasteiger partial charge < -0.3 is 44.8 Å². The lowest BCUT2D eigenvalue weighted by atomic mass is 9.87. The van der Waals surface area contributed by atoms with Crippen molar-refractivity contribution in [3.63, 3.8) is 0 Å². The summed E-state index contributed by atoms with van der Waals surface area (Å²) in [6.07, 6.45) is -6.58. The van der Waals surface area contributed by atoms with E-state index in [0.717, 1.165) is 0 Å². The number of benzene rings is 1. The Kier molecular flexibility index (Phi) is 7.61. The highest BCUT2D eigenvalue weighted by molar-refractivity contribution is 6.04. The van der Waals surface area contributed by atoms with Gasteiger partial charge in [0.15, 0.2) is 6.10 Å². The normalized spacial score (nSPS) is 21.6. The molecule has 12 heteroatoms. The van der Waals surface area contributed by atoms with E-state index in [1.165, 1.54) is 24.3 Å². The molecule has 4 atom stereocenters. The lowest BCUT2D eigenvalue weighted by Gasteiger charge is -2.32. The van der Waals surface area contributed by atoms with Crippen molar-refractivity contribution in [3.8, 4) is 5.75 Å². The molecule has 0 fully saturated rings. The van der Waals surface area contributed by atoms with Gasteiger partial charge in [0.25, 0.3) is 11.4 Å². The van der Waals surface area contributed by atoms with Crippen LogP contribution >= 0.6 is 0 Å². The third-order valence-electron chi connectivity index (χ3n) is 4.08. The minimum Gasteiger partial charge on any atom is -0.446 e. The fourth-order valence-electron chi connectivity index (χ4n) is 2.56. The van der Waals surface area contributed by atoms with Crippen molar-refractivity contribution >= 4 is 17.7 Å². The molecule has 0 saturated heterocycles. The predicted molar refractivity (Wildman–Crippen MR) is 93.3 cm³/mol. The zero-order valence-electron chi connectivity index (χ0n) is 15.4. The van der Waals surface area contributed by atoms with Crippen molar-refractivity contribution in [2.24, 2.45) is 0 Å². The molecule has 1 aliphatic rings. The number of aliphatic hydroxyl groups excluding tert-OH is 6. The maximum absolute atomic E-state index is 12.7. The second-order valence-corrected chi connectivity index (χ2v) is 6.08. The lowest BCUT2D eigenvalue weighted by molar-refractivity contribution is -0.182. The molecule has 1 aliphatic heterocycles. The first-order chi connectivity index (χ1) is 14.2. The van der Waals surface area contributed by atoms with E-state index in [4.69, 9.17) is 24.4 Å². The first kappa shape index (κ1) is 23.4. The number of hydrogen-bond acceptors (Lipinski definition) is 12. The molecular weight excluding hydrogens is 408 g/mol. The summed E-state index contributed by atoms with van der Waals surface area (Å²) in [6.45, 7) is -3.45. The van der Waals surface area contributed by atoms with Crippen LogP contribution in [0.4, 0.5) is 0 Å². The molecule has 0 bridgehead atoms. The molecule has 0 saturated carbocycles. The number of esters is 2. The summed E-state index contributed by atoms with van der Waals surface area (Å²) in [6, 6.07) is 7.43. The van der Waals surface area contributed by atoms with Crippen LogP contribution in [0.1, 0.15) is 0 Å². The van der Waals surface area contributed by atoms with Gasteiger partial charge in [-0.2, -0.15) is 0 Å². The lowest BCUT2D eigenvalue weighted by Crippen LogP contribution is -2.58. The van der Waals surface area contributed by atoms with Crippen LogP contribution in [0.25, 0.3) is 0 Å². The minimum absolute atomic E-state index is 0.0187. The molecule has 2 unspecified atom stereocenters. The Hall–Kier alpha value is -2.87.